The lowest BCUT2D eigenvalue weighted by molar-refractivity contribution is -0.115. The number of nitrogens with one attached hydrogen (secondary N) is 1. The molecule has 1 N–H and O–H groups in total. The van der Waals surface area contributed by atoms with Crippen molar-refractivity contribution in [2.75, 3.05) is 5.32 Å². The zero-order valence-electron chi connectivity index (χ0n) is 17.7. The van der Waals surface area contributed by atoms with Gasteiger partial charge >= 0.3 is 5.69 Å². The van der Waals surface area contributed by atoms with E-state index in [2.05, 4.69) is 15.3 Å². The molecular weight excluding hydrogens is 402 g/mol. The summed E-state index contributed by atoms with van der Waals surface area (Å²) in [6.07, 6.45) is 0. The number of rotatable bonds is 6. The highest BCUT2D eigenvalue weighted by atomic mass is 32.2. The number of hydrogen-bond acceptors (Lipinski definition) is 6. The molecule has 8 nitrogen and oxygen atoms in total. The van der Waals surface area contributed by atoms with E-state index in [-0.39, 0.29) is 17.2 Å². The first-order valence-electron chi connectivity index (χ1n) is 9.69. The second kappa shape index (κ2) is 8.83. The van der Waals surface area contributed by atoms with Gasteiger partial charge in [-0.25, -0.2) is 14.8 Å². The van der Waals surface area contributed by atoms with Crippen LogP contribution in [0.2, 0.25) is 0 Å². The number of aromatic nitrogens is 4. The van der Waals surface area contributed by atoms with Gasteiger partial charge in [0.1, 0.15) is 16.2 Å². The molecule has 0 bridgehead atoms. The number of benzene rings is 1. The third-order valence-corrected chi connectivity index (χ3v) is 5.59. The molecule has 0 aliphatic carbocycles. The van der Waals surface area contributed by atoms with Crippen LogP contribution in [0.4, 0.5) is 5.69 Å². The third-order valence-electron chi connectivity index (χ3n) is 4.51. The summed E-state index contributed by atoms with van der Waals surface area (Å²) in [5, 5.41) is 2.99. The predicted molar refractivity (Wildman–Crippen MR) is 119 cm³/mol. The highest BCUT2D eigenvalue weighted by molar-refractivity contribution is 8.00. The zero-order chi connectivity index (χ0) is 22.0. The van der Waals surface area contributed by atoms with Crippen molar-refractivity contribution < 1.29 is 4.79 Å². The summed E-state index contributed by atoms with van der Waals surface area (Å²) in [6.45, 7) is 7.86. The lowest BCUT2D eigenvalue weighted by atomic mass is 10.2. The largest absolute Gasteiger partial charge is 0.332 e. The van der Waals surface area contributed by atoms with Crippen molar-refractivity contribution in [3.63, 3.8) is 0 Å². The van der Waals surface area contributed by atoms with Crippen LogP contribution in [0.15, 0.2) is 44.9 Å². The molecule has 0 saturated heterocycles. The molecule has 0 saturated carbocycles. The topological polar surface area (TPSA) is 98.9 Å². The summed E-state index contributed by atoms with van der Waals surface area (Å²) < 4.78 is 2.58. The van der Waals surface area contributed by atoms with Crippen molar-refractivity contribution in [1.29, 1.82) is 0 Å². The smallest absolute Gasteiger partial charge is 0.325 e. The molecule has 9 heteroatoms. The van der Waals surface area contributed by atoms with Crippen molar-refractivity contribution >= 4 is 34.4 Å². The Morgan fingerprint density at radius 2 is 1.80 bits per heavy atom. The van der Waals surface area contributed by atoms with E-state index < -0.39 is 16.5 Å². The monoisotopic (exact) mass is 427 g/mol. The van der Waals surface area contributed by atoms with Gasteiger partial charge in [-0.2, -0.15) is 0 Å². The van der Waals surface area contributed by atoms with Gasteiger partial charge in [0.2, 0.25) is 5.91 Å². The Balaban J connectivity index is 2.05. The maximum Gasteiger partial charge on any atom is 0.332 e. The Bertz CT molecular complexity index is 1200. The molecule has 1 atom stereocenters. The van der Waals surface area contributed by atoms with Gasteiger partial charge in [-0.15, -0.1) is 0 Å². The van der Waals surface area contributed by atoms with E-state index in [1.54, 1.807) is 26.0 Å². The van der Waals surface area contributed by atoms with E-state index in [9.17, 15) is 14.4 Å². The highest BCUT2D eigenvalue weighted by Crippen LogP contribution is 2.27. The molecule has 0 aliphatic heterocycles. The van der Waals surface area contributed by atoms with Crippen LogP contribution in [-0.2, 0) is 18.4 Å². The summed E-state index contributed by atoms with van der Waals surface area (Å²) in [6, 6.07) is 9.16. The molecule has 2 aromatic heterocycles. The minimum atomic E-state index is -0.516. The number of amides is 1. The quantitative estimate of drug-likeness (QED) is 0.480. The minimum absolute atomic E-state index is 0.186. The fraction of sp³-hybridized carbons (Fsp3) is 0.381. The van der Waals surface area contributed by atoms with Gasteiger partial charge in [-0.05, 0) is 31.9 Å². The number of nitrogens with zero attached hydrogens (tertiary/aromatic N) is 4. The predicted octanol–water partition coefficient (Wildman–Crippen LogP) is 2.57. The average Bonchev–Trinajstić information content (AvgIpc) is 2.69. The SMILES string of the molecule is Cc1nc(SC(C)C(=O)Nc2ccccc2)c2c(=O)n(C)c(=O)n(CC(C)C)c2n1. The second-order valence-electron chi connectivity index (χ2n) is 7.54. The molecule has 0 fully saturated rings. The van der Waals surface area contributed by atoms with E-state index in [0.717, 1.165) is 4.57 Å². The fourth-order valence-corrected chi connectivity index (χ4v) is 4.02. The summed E-state index contributed by atoms with van der Waals surface area (Å²) in [5.41, 5.74) is 0.126. The lowest BCUT2D eigenvalue weighted by Gasteiger charge is -2.16. The minimum Gasteiger partial charge on any atom is -0.325 e. The first-order chi connectivity index (χ1) is 14.2. The Hall–Kier alpha value is -2.94. The molecule has 2 heterocycles. The molecular formula is C21H25N5O3S. The van der Waals surface area contributed by atoms with Gasteiger partial charge in [0.25, 0.3) is 5.56 Å². The van der Waals surface area contributed by atoms with Crippen molar-refractivity contribution in [2.24, 2.45) is 13.0 Å². The number of anilines is 1. The van der Waals surface area contributed by atoms with Crippen molar-refractivity contribution in [1.82, 2.24) is 19.1 Å². The number of carbonyl (C=O) groups excluding carboxylic acids is 1. The Morgan fingerprint density at radius 1 is 1.13 bits per heavy atom. The first-order valence-corrected chi connectivity index (χ1v) is 10.6. The second-order valence-corrected chi connectivity index (χ2v) is 8.87. The number of thioether (sulfide) groups is 1. The van der Waals surface area contributed by atoms with Crippen molar-refractivity contribution in [3.8, 4) is 0 Å². The number of hydrogen-bond donors (Lipinski definition) is 1. The average molecular weight is 428 g/mol. The van der Waals surface area contributed by atoms with Crippen LogP contribution in [0, 0.1) is 12.8 Å². The number of para-hydroxylation sites is 1. The molecule has 0 aliphatic rings. The van der Waals surface area contributed by atoms with E-state index in [1.165, 1.54) is 23.4 Å². The molecule has 158 valence electrons. The highest BCUT2D eigenvalue weighted by Gasteiger charge is 2.22. The van der Waals surface area contributed by atoms with Crippen LogP contribution in [0.1, 0.15) is 26.6 Å². The van der Waals surface area contributed by atoms with Crippen molar-refractivity contribution in [2.45, 2.75) is 44.5 Å². The van der Waals surface area contributed by atoms with E-state index >= 15 is 0 Å². The van der Waals surface area contributed by atoms with Crippen molar-refractivity contribution in [3.05, 3.63) is 57.0 Å². The molecule has 0 spiro atoms. The normalized spacial score (nSPS) is 12.3. The number of aryl methyl sites for hydroxylation is 1. The zero-order valence-corrected chi connectivity index (χ0v) is 18.5. The van der Waals surface area contributed by atoms with Crippen LogP contribution in [-0.4, -0.2) is 30.3 Å². The molecule has 3 aromatic rings. The van der Waals surface area contributed by atoms with E-state index in [1.807, 2.05) is 32.0 Å². The molecule has 1 unspecified atom stereocenters. The summed E-state index contributed by atoms with van der Waals surface area (Å²) in [4.78, 5) is 47.1. The van der Waals surface area contributed by atoms with Gasteiger partial charge in [-0.1, -0.05) is 43.8 Å². The van der Waals surface area contributed by atoms with Crippen LogP contribution < -0.4 is 16.6 Å². The first kappa shape index (κ1) is 21.8. The Morgan fingerprint density at radius 3 is 2.43 bits per heavy atom. The molecule has 3 rings (SSSR count). The summed E-state index contributed by atoms with van der Waals surface area (Å²) in [7, 11) is 1.45. The Labute approximate surface area is 178 Å². The third kappa shape index (κ3) is 4.46. The lowest BCUT2D eigenvalue weighted by Crippen LogP contribution is -2.39. The maximum atomic E-state index is 12.9. The Kier molecular flexibility index (Phi) is 6.40. The van der Waals surface area contributed by atoms with Gasteiger partial charge in [-0.3, -0.25) is 18.7 Å². The number of fused-ring (bicyclic) bond motifs is 1. The fourth-order valence-electron chi connectivity index (χ4n) is 3.04. The molecule has 1 amide bonds. The summed E-state index contributed by atoms with van der Waals surface area (Å²) >= 11 is 1.18. The van der Waals surface area contributed by atoms with Gasteiger partial charge in [0.05, 0.1) is 5.25 Å². The number of carbonyl (C=O) groups is 1. The van der Waals surface area contributed by atoms with Crippen LogP contribution >= 0.6 is 11.8 Å². The van der Waals surface area contributed by atoms with Crippen LogP contribution in [0.3, 0.4) is 0 Å². The van der Waals surface area contributed by atoms with Crippen LogP contribution in [0.25, 0.3) is 11.0 Å². The standard InChI is InChI=1S/C21H25N5O3S/c1-12(2)11-26-17-16(20(28)25(5)21(26)29)19(23-14(4)22-17)30-13(3)18(27)24-15-9-7-6-8-10-15/h6-10,12-13H,11H2,1-5H3,(H,24,27). The summed E-state index contributed by atoms with van der Waals surface area (Å²) in [5.74, 6) is 0.416. The van der Waals surface area contributed by atoms with Gasteiger partial charge < -0.3 is 5.32 Å². The maximum absolute atomic E-state index is 12.9. The van der Waals surface area contributed by atoms with Crippen LogP contribution in [0.5, 0.6) is 0 Å². The molecule has 1 aromatic carbocycles. The van der Waals surface area contributed by atoms with Gasteiger partial charge in [0, 0.05) is 19.3 Å². The van der Waals surface area contributed by atoms with E-state index in [4.69, 9.17) is 0 Å². The molecule has 0 radical (unpaired) electrons. The van der Waals surface area contributed by atoms with E-state index in [0.29, 0.717) is 28.7 Å². The molecule has 30 heavy (non-hydrogen) atoms. The van der Waals surface area contributed by atoms with Gasteiger partial charge in [0.15, 0.2) is 5.65 Å².